The van der Waals surface area contributed by atoms with E-state index >= 15 is 0 Å². The van der Waals surface area contributed by atoms with Gasteiger partial charge in [-0.2, -0.15) is 0 Å². The second-order valence-corrected chi connectivity index (χ2v) is 10.7. The van der Waals surface area contributed by atoms with Crippen molar-refractivity contribution in [2.75, 3.05) is 0 Å². The third kappa shape index (κ3) is 1.33. The highest BCUT2D eigenvalue weighted by molar-refractivity contribution is 5.94. The Bertz CT molecular complexity index is 925. The summed E-state index contributed by atoms with van der Waals surface area (Å²) in [6.07, 6.45) is -6.91. The standard InChI is InChI=1S/C20H24O10/c1-6-12(23)28-11-9(21)18-8-5-7(16(2,3)4)17(18)10(22)13(24)29-15(17)30-20(18,14(25)27-8)19(6,11)26/h6-11,15,21-22,26H,5H2,1-4H3/t6-,7+,8+,9-,10-,11-,15-,17+,18-,19+,20-/m1/s1. The van der Waals surface area contributed by atoms with Crippen molar-refractivity contribution in [3.05, 3.63) is 0 Å². The fraction of sp³-hybridized carbons (Fsp3) is 0.850. The summed E-state index contributed by atoms with van der Waals surface area (Å²) in [5, 5.41) is 34.7. The molecule has 0 aromatic rings. The van der Waals surface area contributed by atoms with E-state index in [1.54, 1.807) is 0 Å². The summed E-state index contributed by atoms with van der Waals surface area (Å²) in [4.78, 5) is 38.2. The molecular formula is C20H24O10. The number of aliphatic hydroxyl groups excluding tert-OH is 2. The zero-order valence-corrected chi connectivity index (χ0v) is 16.9. The highest BCUT2D eigenvalue weighted by atomic mass is 16.8. The van der Waals surface area contributed by atoms with E-state index in [1.807, 2.05) is 20.8 Å². The molecule has 6 aliphatic rings. The zero-order valence-electron chi connectivity index (χ0n) is 16.9. The number of esters is 3. The van der Waals surface area contributed by atoms with E-state index in [1.165, 1.54) is 6.92 Å². The maximum absolute atomic E-state index is 13.4. The predicted molar refractivity (Wildman–Crippen MR) is 92.0 cm³/mol. The lowest BCUT2D eigenvalue weighted by Crippen LogP contribution is -2.67. The summed E-state index contributed by atoms with van der Waals surface area (Å²) in [7, 11) is 0. The minimum atomic E-state index is -2.24. The molecule has 4 aliphatic heterocycles. The second-order valence-electron chi connectivity index (χ2n) is 10.7. The molecule has 0 aromatic heterocycles. The van der Waals surface area contributed by atoms with Gasteiger partial charge in [0.1, 0.15) is 12.2 Å². The van der Waals surface area contributed by atoms with Crippen LogP contribution in [0, 0.1) is 28.1 Å². The quantitative estimate of drug-likeness (QED) is 0.314. The van der Waals surface area contributed by atoms with E-state index in [-0.39, 0.29) is 6.42 Å². The molecule has 4 heterocycles. The number of hydrogen-bond acceptors (Lipinski definition) is 10. The first-order valence-corrected chi connectivity index (χ1v) is 10.2. The molecule has 11 atom stereocenters. The topological polar surface area (TPSA) is 149 Å². The molecule has 2 spiro atoms. The molecule has 6 rings (SSSR count). The van der Waals surface area contributed by atoms with Crippen molar-refractivity contribution in [1.29, 1.82) is 0 Å². The summed E-state index contributed by atoms with van der Waals surface area (Å²) in [6, 6.07) is 0. The molecule has 0 radical (unpaired) electrons. The molecular weight excluding hydrogens is 400 g/mol. The fourth-order valence-electron chi connectivity index (χ4n) is 8.12. The summed E-state index contributed by atoms with van der Waals surface area (Å²) >= 11 is 0. The SMILES string of the molecule is C[C@@H]1C(=O)O[C@@H]2[C@@H](O)[C@]34[C@@H]5C[C@@H](C(C)(C)C)[C@]36[C@H](OC(=O)[C@H]6O)O[C@@]4(C(=O)O5)[C@]12O. The van der Waals surface area contributed by atoms with Crippen LogP contribution in [-0.2, 0) is 33.3 Å². The van der Waals surface area contributed by atoms with Crippen LogP contribution >= 0.6 is 0 Å². The Kier molecular flexibility index (Phi) is 2.97. The molecule has 30 heavy (non-hydrogen) atoms. The Hall–Kier alpha value is -1.75. The Morgan fingerprint density at radius 2 is 1.70 bits per heavy atom. The molecule has 6 fully saturated rings. The maximum atomic E-state index is 13.4. The van der Waals surface area contributed by atoms with Gasteiger partial charge in [0.15, 0.2) is 17.8 Å². The number of aliphatic hydroxyl groups is 3. The van der Waals surface area contributed by atoms with Gasteiger partial charge < -0.3 is 34.3 Å². The third-order valence-corrected chi connectivity index (χ3v) is 9.00. The van der Waals surface area contributed by atoms with Gasteiger partial charge in [-0.05, 0) is 24.7 Å². The van der Waals surface area contributed by atoms with E-state index in [2.05, 4.69) is 0 Å². The van der Waals surface area contributed by atoms with Crippen molar-refractivity contribution < 1.29 is 48.7 Å². The fourth-order valence-corrected chi connectivity index (χ4v) is 8.12. The minimum absolute atomic E-state index is 0.229. The van der Waals surface area contributed by atoms with Crippen molar-refractivity contribution in [2.24, 2.45) is 28.1 Å². The smallest absolute Gasteiger partial charge is 0.343 e. The van der Waals surface area contributed by atoms with E-state index < -0.39 is 87.9 Å². The van der Waals surface area contributed by atoms with E-state index in [9.17, 15) is 29.7 Å². The van der Waals surface area contributed by atoms with Crippen LogP contribution < -0.4 is 0 Å². The average Bonchev–Trinajstić information content (AvgIpc) is 3.35. The van der Waals surface area contributed by atoms with Crippen molar-refractivity contribution in [1.82, 2.24) is 0 Å². The summed E-state index contributed by atoms with van der Waals surface area (Å²) in [5.41, 5.74) is -8.26. The molecule has 2 saturated carbocycles. The summed E-state index contributed by atoms with van der Waals surface area (Å²) in [5.74, 6) is -4.32. The Morgan fingerprint density at radius 3 is 2.33 bits per heavy atom. The Morgan fingerprint density at radius 1 is 1.03 bits per heavy atom. The first-order valence-electron chi connectivity index (χ1n) is 10.2. The van der Waals surface area contributed by atoms with Crippen molar-refractivity contribution in [3.8, 4) is 0 Å². The van der Waals surface area contributed by atoms with Crippen LogP contribution in [0.25, 0.3) is 0 Å². The Balaban J connectivity index is 1.72. The number of ether oxygens (including phenoxy) is 4. The number of hydrogen-bond donors (Lipinski definition) is 3. The molecule has 3 N–H and O–H groups in total. The molecule has 4 saturated heterocycles. The normalized spacial score (nSPS) is 60.1. The second kappa shape index (κ2) is 4.69. The molecule has 2 aliphatic carbocycles. The minimum Gasteiger partial charge on any atom is -0.459 e. The monoisotopic (exact) mass is 424 g/mol. The zero-order chi connectivity index (χ0) is 21.8. The number of rotatable bonds is 0. The first-order chi connectivity index (χ1) is 13.8. The van der Waals surface area contributed by atoms with Crippen LogP contribution in [0.2, 0.25) is 0 Å². The maximum Gasteiger partial charge on any atom is 0.343 e. The van der Waals surface area contributed by atoms with Crippen LogP contribution in [0.4, 0.5) is 0 Å². The third-order valence-electron chi connectivity index (χ3n) is 9.00. The number of carbonyl (C=O) groups is 3. The molecule has 164 valence electrons. The van der Waals surface area contributed by atoms with Gasteiger partial charge in [-0.15, -0.1) is 0 Å². The van der Waals surface area contributed by atoms with Gasteiger partial charge >= 0.3 is 17.9 Å². The van der Waals surface area contributed by atoms with E-state index in [4.69, 9.17) is 18.9 Å². The molecule has 0 bridgehead atoms. The van der Waals surface area contributed by atoms with Gasteiger partial charge in [0.05, 0.1) is 16.7 Å². The van der Waals surface area contributed by atoms with Crippen LogP contribution in [0.1, 0.15) is 34.1 Å². The van der Waals surface area contributed by atoms with Crippen LogP contribution in [0.3, 0.4) is 0 Å². The van der Waals surface area contributed by atoms with Gasteiger partial charge in [0.2, 0.25) is 11.9 Å². The van der Waals surface area contributed by atoms with Crippen LogP contribution in [0.5, 0.6) is 0 Å². The van der Waals surface area contributed by atoms with Gasteiger partial charge in [-0.3, -0.25) is 4.79 Å². The first kappa shape index (κ1) is 19.0. The summed E-state index contributed by atoms with van der Waals surface area (Å²) in [6.45, 7) is 7.14. The summed E-state index contributed by atoms with van der Waals surface area (Å²) < 4.78 is 22.5. The van der Waals surface area contributed by atoms with E-state index in [0.717, 1.165) is 0 Å². The average molecular weight is 424 g/mol. The van der Waals surface area contributed by atoms with Gasteiger partial charge in [0.25, 0.3) is 0 Å². The largest absolute Gasteiger partial charge is 0.459 e. The number of carbonyl (C=O) groups excluding carboxylic acids is 3. The molecule has 0 unspecified atom stereocenters. The van der Waals surface area contributed by atoms with Gasteiger partial charge in [-0.25, -0.2) is 9.59 Å². The predicted octanol–water partition coefficient (Wildman–Crippen LogP) is -1.37. The van der Waals surface area contributed by atoms with Crippen molar-refractivity contribution in [3.63, 3.8) is 0 Å². The molecule has 0 amide bonds. The molecule has 10 heteroatoms. The van der Waals surface area contributed by atoms with Crippen LogP contribution in [-0.4, -0.2) is 75.1 Å². The lowest BCUT2D eigenvalue weighted by atomic mass is 9.51. The number of fused-ring (bicyclic) bond motifs is 1. The Labute approximate surface area is 171 Å². The molecule has 10 nitrogen and oxygen atoms in total. The highest BCUT2D eigenvalue weighted by Crippen LogP contribution is 2.84. The van der Waals surface area contributed by atoms with Gasteiger partial charge in [0, 0.05) is 0 Å². The molecule has 0 aromatic carbocycles. The van der Waals surface area contributed by atoms with Crippen molar-refractivity contribution >= 4 is 17.9 Å². The van der Waals surface area contributed by atoms with Crippen molar-refractivity contribution in [2.45, 2.75) is 76.0 Å². The van der Waals surface area contributed by atoms with E-state index in [0.29, 0.717) is 0 Å². The van der Waals surface area contributed by atoms with Gasteiger partial charge in [-0.1, -0.05) is 20.8 Å². The highest BCUT2D eigenvalue weighted by Gasteiger charge is 3.03. The lowest BCUT2D eigenvalue weighted by Gasteiger charge is -2.47. The lowest BCUT2D eigenvalue weighted by molar-refractivity contribution is -0.239. The van der Waals surface area contributed by atoms with Crippen LogP contribution in [0.15, 0.2) is 0 Å².